The normalized spacial score (nSPS) is 9.52. The maximum absolute atomic E-state index is 11.1. The first-order chi connectivity index (χ1) is 12.6. The van der Waals surface area contributed by atoms with Crippen molar-refractivity contribution in [3.63, 3.8) is 0 Å². The highest BCUT2D eigenvalue weighted by Gasteiger charge is 2.25. The maximum Gasteiger partial charge on any atom is 0.345 e. The lowest BCUT2D eigenvalue weighted by molar-refractivity contribution is -0.386. The van der Waals surface area contributed by atoms with E-state index >= 15 is 0 Å². The number of benzene rings is 2. The van der Waals surface area contributed by atoms with E-state index in [1.54, 1.807) is 0 Å². The zero-order valence-electron chi connectivity index (χ0n) is 13.6. The molecule has 0 saturated carbocycles. The lowest BCUT2D eigenvalue weighted by atomic mass is 10.1. The Hall–Kier alpha value is -4.22. The molecule has 0 heterocycles. The molecule has 0 fully saturated rings. The molecule has 0 aliphatic heterocycles. The minimum Gasteiger partial charge on any atom is -0.502 e. The van der Waals surface area contributed by atoms with Crippen molar-refractivity contribution in [1.29, 1.82) is 0 Å². The fourth-order valence-corrected chi connectivity index (χ4v) is 1.89. The smallest absolute Gasteiger partial charge is 0.345 e. The van der Waals surface area contributed by atoms with Crippen LogP contribution in [0.5, 0.6) is 11.5 Å². The molecule has 0 aliphatic carbocycles. The molecule has 2 aromatic rings. The summed E-state index contributed by atoms with van der Waals surface area (Å²) < 4.78 is 4.33. The van der Waals surface area contributed by atoms with Gasteiger partial charge >= 0.3 is 23.3 Å². The first-order valence-electron chi connectivity index (χ1n) is 6.86. The molecule has 142 valence electrons. The number of phenolic OH excluding ortho intramolecular Hbond substituents is 2. The van der Waals surface area contributed by atoms with Crippen molar-refractivity contribution >= 4 is 23.3 Å². The topological polar surface area (TPSA) is 190 Å². The Kier molecular flexibility index (Phi) is 6.75. The Balaban J connectivity index is 0.000000271. The second kappa shape index (κ2) is 8.75. The Labute approximate surface area is 150 Å². The van der Waals surface area contributed by atoms with E-state index in [-0.39, 0.29) is 5.56 Å². The van der Waals surface area contributed by atoms with Crippen LogP contribution in [-0.2, 0) is 4.74 Å². The van der Waals surface area contributed by atoms with Gasteiger partial charge < -0.3 is 20.1 Å². The number of hydrogen-bond acceptors (Lipinski definition) is 9. The maximum atomic E-state index is 11.1. The van der Waals surface area contributed by atoms with E-state index in [0.29, 0.717) is 0 Å². The average molecular weight is 380 g/mol. The van der Waals surface area contributed by atoms with Gasteiger partial charge in [-0.25, -0.2) is 9.59 Å². The van der Waals surface area contributed by atoms with E-state index < -0.39 is 50.2 Å². The summed E-state index contributed by atoms with van der Waals surface area (Å²) in [6.07, 6.45) is 0. The monoisotopic (exact) mass is 380 g/mol. The summed E-state index contributed by atoms with van der Waals surface area (Å²) in [5.74, 6) is -3.50. The van der Waals surface area contributed by atoms with Crippen molar-refractivity contribution in [3.8, 4) is 11.5 Å². The number of phenols is 2. The highest BCUT2D eigenvalue weighted by Crippen LogP contribution is 2.30. The van der Waals surface area contributed by atoms with E-state index in [9.17, 15) is 29.8 Å². The molecule has 2 rings (SSSR count). The van der Waals surface area contributed by atoms with Crippen LogP contribution in [-0.4, -0.2) is 44.2 Å². The quantitative estimate of drug-likeness (QED) is 0.402. The number of carbonyl (C=O) groups is 2. The van der Waals surface area contributed by atoms with Gasteiger partial charge in [0.25, 0.3) is 0 Å². The molecule has 0 spiro atoms. The molecule has 2 aromatic carbocycles. The Morgan fingerprint density at radius 1 is 0.889 bits per heavy atom. The van der Waals surface area contributed by atoms with Gasteiger partial charge in [-0.15, -0.1) is 0 Å². The molecule has 0 amide bonds. The molecule has 0 atom stereocenters. The standard InChI is InChI=1S/C8H7NO5.C7H5NO5/c1-14-8(11)5-3-2-4-6(10)7(5)9(12)13;9-5-3-1-2-4(7(10)11)6(5)8(12)13/h2-4,10H,1H3;1-3,9H,(H,10,11). The van der Waals surface area contributed by atoms with Gasteiger partial charge in [-0.3, -0.25) is 20.2 Å². The molecule has 0 radical (unpaired) electrons. The summed E-state index contributed by atoms with van der Waals surface area (Å²) >= 11 is 0. The molecule has 12 nitrogen and oxygen atoms in total. The molecule has 12 heteroatoms. The first kappa shape index (κ1) is 20.8. The summed E-state index contributed by atoms with van der Waals surface area (Å²) in [6.45, 7) is 0. The van der Waals surface area contributed by atoms with E-state index in [1.165, 1.54) is 18.2 Å². The molecular formula is C15H12N2O10. The van der Waals surface area contributed by atoms with Crippen LogP contribution >= 0.6 is 0 Å². The number of para-hydroxylation sites is 2. The van der Waals surface area contributed by atoms with E-state index in [1.807, 2.05) is 0 Å². The zero-order chi connectivity index (χ0) is 20.7. The molecular weight excluding hydrogens is 368 g/mol. The molecule has 0 bridgehead atoms. The molecule has 0 aromatic heterocycles. The van der Waals surface area contributed by atoms with Crippen LogP contribution in [0.15, 0.2) is 36.4 Å². The summed E-state index contributed by atoms with van der Waals surface area (Å²) in [4.78, 5) is 40.6. The molecule has 27 heavy (non-hydrogen) atoms. The van der Waals surface area contributed by atoms with Crippen molar-refractivity contribution < 1.29 is 39.5 Å². The fourth-order valence-electron chi connectivity index (χ4n) is 1.89. The number of hydrogen-bond donors (Lipinski definition) is 3. The number of aromatic hydroxyl groups is 2. The number of nitro benzene ring substituents is 2. The highest BCUT2D eigenvalue weighted by atomic mass is 16.6. The predicted molar refractivity (Wildman–Crippen MR) is 87.8 cm³/mol. The third kappa shape index (κ3) is 4.88. The zero-order valence-corrected chi connectivity index (χ0v) is 13.6. The molecule has 0 saturated heterocycles. The van der Waals surface area contributed by atoms with E-state index in [2.05, 4.69) is 4.74 Å². The lowest BCUT2D eigenvalue weighted by Gasteiger charge is -2.01. The summed E-state index contributed by atoms with van der Waals surface area (Å²) in [7, 11) is 1.11. The van der Waals surface area contributed by atoms with Crippen molar-refractivity contribution in [2.45, 2.75) is 0 Å². The van der Waals surface area contributed by atoms with Crippen molar-refractivity contribution in [1.82, 2.24) is 0 Å². The number of esters is 1. The van der Waals surface area contributed by atoms with E-state index in [0.717, 1.165) is 25.3 Å². The second-order valence-electron chi connectivity index (χ2n) is 4.66. The average Bonchev–Trinajstić information content (AvgIpc) is 2.60. The third-order valence-corrected chi connectivity index (χ3v) is 3.03. The molecule has 0 aliphatic rings. The Morgan fingerprint density at radius 3 is 1.63 bits per heavy atom. The largest absolute Gasteiger partial charge is 0.502 e. The Morgan fingerprint density at radius 2 is 1.30 bits per heavy atom. The summed E-state index contributed by atoms with van der Waals surface area (Å²) in [5, 5.41) is 47.5. The SMILES string of the molecule is COC(=O)c1cccc(O)c1[N+](=O)[O-].O=C(O)c1cccc(O)c1[N+](=O)[O-]. The van der Waals surface area contributed by atoms with Gasteiger partial charge in [-0.1, -0.05) is 12.1 Å². The second-order valence-corrected chi connectivity index (χ2v) is 4.66. The van der Waals surface area contributed by atoms with Gasteiger partial charge in [-0.2, -0.15) is 0 Å². The van der Waals surface area contributed by atoms with Gasteiger partial charge in [0.05, 0.1) is 17.0 Å². The fraction of sp³-hybridized carbons (Fsp3) is 0.0667. The van der Waals surface area contributed by atoms with Gasteiger partial charge in [0, 0.05) is 0 Å². The lowest BCUT2D eigenvalue weighted by Crippen LogP contribution is -2.05. The third-order valence-electron chi connectivity index (χ3n) is 3.03. The number of ether oxygens (including phenoxy) is 1. The van der Waals surface area contributed by atoms with Crippen molar-refractivity contribution in [2.24, 2.45) is 0 Å². The number of carboxylic acid groups (broad SMARTS) is 1. The van der Waals surface area contributed by atoms with Crippen LogP contribution < -0.4 is 0 Å². The van der Waals surface area contributed by atoms with Gasteiger partial charge in [0.15, 0.2) is 11.5 Å². The van der Waals surface area contributed by atoms with Gasteiger partial charge in [0.1, 0.15) is 11.1 Å². The van der Waals surface area contributed by atoms with Crippen LogP contribution in [0.1, 0.15) is 20.7 Å². The minimum absolute atomic E-state index is 0.266. The first-order valence-corrected chi connectivity index (χ1v) is 6.86. The molecule has 0 unspecified atom stereocenters. The number of methoxy groups -OCH3 is 1. The van der Waals surface area contributed by atoms with Crippen LogP contribution in [0.3, 0.4) is 0 Å². The van der Waals surface area contributed by atoms with Crippen molar-refractivity contribution in [2.75, 3.05) is 7.11 Å². The number of carboxylic acids is 1. The van der Waals surface area contributed by atoms with Crippen LogP contribution in [0.2, 0.25) is 0 Å². The number of rotatable bonds is 4. The summed E-state index contributed by atoms with van der Waals surface area (Å²) in [6, 6.07) is 7.01. The van der Waals surface area contributed by atoms with Gasteiger partial charge in [0.2, 0.25) is 0 Å². The summed E-state index contributed by atoms with van der Waals surface area (Å²) in [5.41, 5.74) is -2.21. The number of nitro groups is 2. The number of aromatic carboxylic acids is 1. The Bertz CT molecular complexity index is 909. The van der Waals surface area contributed by atoms with E-state index in [4.69, 9.17) is 15.3 Å². The van der Waals surface area contributed by atoms with Crippen LogP contribution in [0, 0.1) is 20.2 Å². The molecule has 3 N–H and O–H groups in total. The highest BCUT2D eigenvalue weighted by molar-refractivity contribution is 5.95. The van der Waals surface area contributed by atoms with Crippen LogP contribution in [0.25, 0.3) is 0 Å². The van der Waals surface area contributed by atoms with Crippen LogP contribution in [0.4, 0.5) is 11.4 Å². The predicted octanol–water partition coefficient (Wildman–Crippen LogP) is 2.09. The van der Waals surface area contributed by atoms with Gasteiger partial charge in [-0.05, 0) is 24.3 Å². The van der Waals surface area contributed by atoms with Crippen molar-refractivity contribution in [3.05, 3.63) is 67.8 Å². The minimum atomic E-state index is -1.44. The number of nitrogens with zero attached hydrogens (tertiary/aromatic N) is 2. The number of carbonyl (C=O) groups excluding carboxylic acids is 1.